The van der Waals surface area contributed by atoms with Crippen LogP contribution >= 0.6 is 0 Å². The first-order valence-electron chi connectivity index (χ1n) is 8.20. The topological polar surface area (TPSA) is 72.9 Å². The van der Waals surface area contributed by atoms with Crippen molar-refractivity contribution in [3.63, 3.8) is 0 Å². The van der Waals surface area contributed by atoms with Gasteiger partial charge in [0.2, 0.25) is 0 Å². The molecule has 0 saturated carbocycles. The summed E-state index contributed by atoms with van der Waals surface area (Å²) in [5.74, 6) is -0.0554. The van der Waals surface area contributed by atoms with E-state index in [0.717, 1.165) is 15.4 Å². The van der Waals surface area contributed by atoms with Gasteiger partial charge in [-0.3, -0.25) is 9.10 Å². The monoisotopic (exact) mass is 377 g/mol. The lowest BCUT2D eigenvalue weighted by Gasteiger charge is -2.26. The largest absolute Gasteiger partial charge is 0.497 e. The Morgan fingerprint density at radius 3 is 2.12 bits per heavy atom. The van der Waals surface area contributed by atoms with Crippen LogP contribution in [-0.2, 0) is 19.6 Å². The van der Waals surface area contributed by atoms with E-state index in [0.29, 0.717) is 11.4 Å². The minimum atomic E-state index is -3.96. The molecule has 0 unspecified atom stereocenters. The lowest BCUT2D eigenvalue weighted by molar-refractivity contribution is -0.141. The van der Waals surface area contributed by atoms with Crippen molar-refractivity contribution in [1.82, 2.24) is 0 Å². The van der Waals surface area contributed by atoms with Gasteiger partial charge in [-0.05, 0) is 56.2 Å². The molecule has 0 aliphatic rings. The number of anilines is 1. The fourth-order valence-corrected chi connectivity index (χ4v) is 4.22. The van der Waals surface area contributed by atoms with Crippen LogP contribution < -0.4 is 9.04 Å². The lowest BCUT2D eigenvalue weighted by Crippen LogP contribution is -2.37. The second-order valence-electron chi connectivity index (χ2n) is 5.73. The molecule has 2 rings (SSSR count). The summed E-state index contributed by atoms with van der Waals surface area (Å²) in [4.78, 5) is 12.2. The maximum atomic E-state index is 13.3. The van der Waals surface area contributed by atoms with Gasteiger partial charge in [0.05, 0.1) is 24.3 Å². The third kappa shape index (κ3) is 4.16. The average molecular weight is 377 g/mol. The smallest absolute Gasteiger partial charge is 0.326 e. The van der Waals surface area contributed by atoms with Crippen LogP contribution in [0.4, 0.5) is 5.69 Å². The van der Waals surface area contributed by atoms with Crippen LogP contribution in [0.3, 0.4) is 0 Å². The van der Waals surface area contributed by atoms with Crippen molar-refractivity contribution < 1.29 is 22.7 Å². The van der Waals surface area contributed by atoms with E-state index in [-0.39, 0.29) is 11.5 Å². The average Bonchev–Trinajstić information content (AvgIpc) is 2.61. The summed E-state index contributed by atoms with van der Waals surface area (Å²) >= 11 is 0. The number of sulfonamides is 1. The van der Waals surface area contributed by atoms with Gasteiger partial charge in [0.15, 0.2) is 0 Å². The van der Waals surface area contributed by atoms with Crippen LogP contribution in [0.1, 0.15) is 18.1 Å². The first-order valence-corrected chi connectivity index (χ1v) is 9.64. The van der Waals surface area contributed by atoms with Crippen LogP contribution in [0.5, 0.6) is 5.75 Å². The molecular weight excluding hydrogens is 354 g/mol. The quantitative estimate of drug-likeness (QED) is 0.694. The summed E-state index contributed by atoms with van der Waals surface area (Å²) in [6, 6.07) is 11.5. The van der Waals surface area contributed by atoms with Crippen molar-refractivity contribution in [2.45, 2.75) is 25.7 Å². The van der Waals surface area contributed by atoms with Gasteiger partial charge in [-0.1, -0.05) is 18.2 Å². The predicted octanol–water partition coefficient (Wildman–Crippen LogP) is 3.07. The highest BCUT2D eigenvalue weighted by atomic mass is 32.2. The molecule has 0 heterocycles. The molecular formula is C19H23NO5S. The number of nitrogens with zero attached hydrogens (tertiary/aromatic N) is 1. The molecule has 2 aromatic rings. The third-order valence-corrected chi connectivity index (χ3v) is 5.67. The number of ether oxygens (including phenoxy) is 2. The Morgan fingerprint density at radius 1 is 1.04 bits per heavy atom. The van der Waals surface area contributed by atoms with E-state index >= 15 is 0 Å². The molecule has 0 amide bonds. The summed E-state index contributed by atoms with van der Waals surface area (Å²) in [6.07, 6.45) is 0. The second-order valence-corrected chi connectivity index (χ2v) is 7.59. The van der Waals surface area contributed by atoms with Crippen molar-refractivity contribution in [1.29, 1.82) is 0 Å². The van der Waals surface area contributed by atoms with Crippen molar-refractivity contribution in [3.05, 3.63) is 53.6 Å². The molecule has 0 aliphatic carbocycles. The number of esters is 1. The summed E-state index contributed by atoms with van der Waals surface area (Å²) in [5, 5.41) is 0. The van der Waals surface area contributed by atoms with E-state index in [4.69, 9.17) is 9.47 Å². The standard InChI is InChI=1S/C19H23NO5S/c1-5-25-18(21)13-20(19-14(2)7-6-8-15(19)3)26(22,23)17-11-9-16(24-4)10-12-17/h6-12H,5,13H2,1-4H3. The van der Waals surface area contributed by atoms with Crippen molar-refractivity contribution in [3.8, 4) is 5.75 Å². The third-order valence-electron chi connectivity index (χ3n) is 3.91. The van der Waals surface area contributed by atoms with Crippen molar-refractivity contribution in [2.75, 3.05) is 24.6 Å². The van der Waals surface area contributed by atoms with Gasteiger partial charge in [0.25, 0.3) is 10.0 Å². The molecule has 140 valence electrons. The lowest BCUT2D eigenvalue weighted by atomic mass is 10.1. The number of benzene rings is 2. The van der Waals surface area contributed by atoms with Gasteiger partial charge < -0.3 is 9.47 Å². The zero-order valence-electron chi connectivity index (χ0n) is 15.4. The maximum absolute atomic E-state index is 13.3. The summed E-state index contributed by atoms with van der Waals surface area (Å²) < 4.78 is 37.7. The number of carbonyl (C=O) groups excluding carboxylic acids is 1. The van der Waals surface area contributed by atoms with E-state index < -0.39 is 22.5 Å². The van der Waals surface area contributed by atoms with E-state index in [1.54, 1.807) is 19.1 Å². The Hall–Kier alpha value is -2.54. The Kier molecular flexibility index (Phi) is 6.26. The van der Waals surface area contributed by atoms with E-state index in [2.05, 4.69) is 0 Å². The molecule has 0 N–H and O–H groups in total. The summed E-state index contributed by atoms with van der Waals surface area (Å²) in [7, 11) is -2.45. The van der Waals surface area contributed by atoms with E-state index in [1.165, 1.54) is 19.2 Å². The summed E-state index contributed by atoms with van der Waals surface area (Å²) in [5.41, 5.74) is 1.99. The Balaban J connectivity index is 2.56. The molecule has 0 spiro atoms. The minimum Gasteiger partial charge on any atom is -0.497 e. The van der Waals surface area contributed by atoms with Gasteiger partial charge in [-0.15, -0.1) is 0 Å². The molecule has 2 aromatic carbocycles. The highest BCUT2D eigenvalue weighted by Crippen LogP contribution is 2.30. The van der Waals surface area contributed by atoms with Gasteiger partial charge in [-0.25, -0.2) is 8.42 Å². The molecule has 26 heavy (non-hydrogen) atoms. The number of rotatable bonds is 7. The fourth-order valence-electron chi connectivity index (χ4n) is 2.68. The van der Waals surface area contributed by atoms with E-state index in [1.807, 2.05) is 32.0 Å². The molecule has 0 atom stereocenters. The minimum absolute atomic E-state index is 0.0743. The van der Waals surface area contributed by atoms with Gasteiger partial charge in [0, 0.05) is 0 Å². The van der Waals surface area contributed by atoms with Gasteiger partial charge >= 0.3 is 5.97 Å². The molecule has 0 radical (unpaired) electrons. The fraction of sp³-hybridized carbons (Fsp3) is 0.316. The number of aryl methyl sites for hydroxylation is 2. The molecule has 0 bridgehead atoms. The molecule has 0 fully saturated rings. The molecule has 0 aliphatic heterocycles. The first kappa shape index (κ1) is 19.8. The summed E-state index contributed by atoms with van der Waals surface area (Å²) in [6.45, 7) is 5.09. The van der Waals surface area contributed by atoms with Crippen LogP contribution in [0.2, 0.25) is 0 Å². The van der Waals surface area contributed by atoms with Crippen molar-refractivity contribution in [2.24, 2.45) is 0 Å². The number of para-hydroxylation sites is 1. The normalized spacial score (nSPS) is 11.1. The Bertz CT molecular complexity index is 855. The maximum Gasteiger partial charge on any atom is 0.326 e. The number of hydrogen-bond acceptors (Lipinski definition) is 5. The SMILES string of the molecule is CCOC(=O)CN(c1c(C)cccc1C)S(=O)(=O)c1ccc(OC)cc1. The molecule has 0 saturated heterocycles. The van der Waals surface area contributed by atoms with Crippen LogP contribution in [0, 0.1) is 13.8 Å². The molecule has 7 heteroatoms. The Morgan fingerprint density at radius 2 is 1.62 bits per heavy atom. The number of hydrogen-bond donors (Lipinski definition) is 0. The van der Waals surface area contributed by atoms with Gasteiger partial charge in [0.1, 0.15) is 12.3 Å². The van der Waals surface area contributed by atoms with Crippen molar-refractivity contribution >= 4 is 21.7 Å². The highest BCUT2D eigenvalue weighted by molar-refractivity contribution is 7.92. The van der Waals surface area contributed by atoms with E-state index in [9.17, 15) is 13.2 Å². The number of carbonyl (C=O) groups is 1. The molecule has 6 nitrogen and oxygen atoms in total. The number of methoxy groups -OCH3 is 1. The zero-order chi connectivity index (χ0) is 19.3. The molecule has 0 aromatic heterocycles. The highest BCUT2D eigenvalue weighted by Gasteiger charge is 2.29. The van der Waals surface area contributed by atoms with Crippen LogP contribution in [0.25, 0.3) is 0 Å². The Labute approximate surface area is 154 Å². The van der Waals surface area contributed by atoms with Gasteiger partial charge in [-0.2, -0.15) is 0 Å². The second kappa shape index (κ2) is 8.23. The van der Waals surface area contributed by atoms with Crippen LogP contribution in [-0.4, -0.2) is 34.6 Å². The predicted molar refractivity (Wildman–Crippen MR) is 100 cm³/mol. The zero-order valence-corrected chi connectivity index (χ0v) is 16.2. The van der Waals surface area contributed by atoms with Crippen LogP contribution in [0.15, 0.2) is 47.4 Å². The first-order chi connectivity index (χ1) is 12.3.